The van der Waals surface area contributed by atoms with E-state index in [0.717, 1.165) is 32.5 Å². The van der Waals surface area contributed by atoms with Crippen LogP contribution in [0, 0.1) is 0 Å². The summed E-state index contributed by atoms with van der Waals surface area (Å²) in [6, 6.07) is 10.3. The molecule has 0 saturated carbocycles. The number of aliphatic hydroxyl groups is 2. The molecule has 0 saturated heterocycles. The number of rotatable bonds is 16. The maximum absolute atomic E-state index is 9.75. The van der Waals surface area contributed by atoms with Crippen LogP contribution in [0.3, 0.4) is 0 Å². The lowest BCUT2D eigenvalue weighted by atomic mass is 10.0. The topological polar surface area (TPSA) is 49.7 Å². The van der Waals surface area contributed by atoms with Crippen LogP contribution in [0.5, 0.6) is 0 Å². The second-order valence-electron chi connectivity index (χ2n) is 6.85. The molecule has 0 aliphatic carbocycles. The molecule has 0 heterocycles. The number of hydrogen-bond donors (Lipinski definition) is 2. The zero-order valence-electron chi connectivity index (χ0n) is 15.6. The van der Waals surface area contributed by atoms with Gasteiger partial charge in [-0.05, 0) is 18.4 Å². The van der Waals surface area contributed by atoms with Crippen molar-refractivity contribution in [2.24, 2.45) is 0 Å². The van der Waals surface area contributed by atoms with E-state index in [9.17, 15) is 10.2 Å². The first-order valence-electron chi connectivity index (χ1n) is 9.82. The summed E-state index contributed by atoms with van der Waals surface area (Å²) in [7, 11) is 0. The molecular formula is C22H36O3. The van der Waals surface area contributed by atoms with Gasteiger partial charge >= 0.3 is 0 Å². The lowest BCUT2D eigenvalue weighted by Crippen LogP contribution is -2.15. The molecule has 0 fully saturated rings. The summed E-state index contributed by atoms with van der Waals surface area (Å²) in [5.74, 6) is 0. The summed E-state index contributed by atoms with van der Waals surface area (Å²) in [6.45, 7) is 5.09. The molecule has 1 rings (SSSR count). The van der Waals surface area contributed by atoms with Crippen molar-refractivity contribution in [3.63, 3.8) is 0 Å². The van der Waals surface area contributed by atoms with E-state index in [1.807, 2.05) is 18.2 Å². The molecule has 25 heavy (non-hydrogen) atoms. The van der Waals surface area contributed by atoms with E-state index in [1.54, 1.807) is 0 Å². The fourth-order valence-corrected chi connectivity index (χ4v) is 2.90. The average molecular weight is 349 g/mol. The normalized spacial score (nSPS) is 13.5. The lowest BCUT2D eigenvalue weighted by Gasteiger charge is -2.12. The van der Waals surface area contributed by atoms with Crippen LogP contribution in [0.2, 0.25) is 0 Å². The van der Waals surface area contributed by atoms with Gasteiger partial charge in [0.2, 0.25) is 0 Å². The Morgan fingerprint density at radius 3 is 2.12 bits per heavy atom. The molecule has 142 valence electrons. The van der Waals surface area contributed by atoms with Gasteiger partial charge in [-0.1, -0.05) is 81.4 Å². The van der Waals surface area contributed by atoms with Gasteiger partial charge in [-0.15, -0.1) is 6.58 Å². The molecule has 0 spiro atoms. The summed E-state index contributed by atoms with van der Waals surface area (Å²) in [6.07, 6.45) is 11.4. The summed E-state index contributed by atoms with van der Waals surface area (Å²) in [5, 5.41) is 19.1. The van der Waals surface area contributed by atoms with E-state index in [0.29, 0.717) is 6.42 Å². The first-order valence-corrected chi connectivity index (χ1v) is 9.82. The van der Waals surface area contributed by atoms with E-state index >= 15 is 0 Å². The molecule has 0 bridgehead atoms. The highest BCUT2D eigenvalue weighted by Gasteiger charge is 2.08. The van der Waals surface area contributed by atoms with Crippen molar-refractivity contribution in [2.75, 3.05) is 6.61 Å². The lowest BCUT2D eigenvalue weighted by molar-refractivity contribution is 0.0958. The van der Waals surface area contributed by atoms with Gasteiger partial charge in [0.15, 0.2) is 0 Å². The molecule has 0 amide bonds. The van der Waals surface area contributed by atoms with Crippen molar-refractivity contribution in [3.8, 4) is 0 Å². The molecule has 0 aromatic heterocycles. The van der Waals surface area contributed by atoms with E-state index < -0.39 is 12.2 Å². The maximum Gasteiger partial charge on any atom is 0.0742 e. The van der Waals surface area contributed by atoms with Crippen molar-refractivity contribution in [1.82, 2.24) is 0 Å². The first-order chi connectivity index (χ1) is 12.2. The zero-order chi connectivity index (χ0) is 18.2. The minimum atomic E-state index is -0.577. The highest BCUT2D eigenvalue weighted by Crippen LogP contribution is 2.13. The van der Waals surface area contributed by atoms with E-state index in [-0.39, 0.29) is 0 Å². The third-order valence-electron chi connectivity index (χ3n) is 4.47. The first kappa shape index (κ1) is 21.9. The van der Waals surface area contributed by atoms with Crippen LogP contribution in [-0.4, -0.2) is 29.0 Å². The van der Waals surface area contributed by atoms with Crippen molar-refractivity contribution in [1.29, 1.82) is 0 Å². The van der Waals surface area contributed by atoms with Crippen LogP contribution in [-0.2, 0) is 11.3 Å². The monoisotopic (exact) mass is 348 g/mol. The third-order valence-corrected chi connectivity index (χ3v) is 4.47. The molecule has 0 unspecified atom stereocenters. The second kappa shape index (κ2) is 15.1. The number of aliphatic hydroxyl groups excluding tert-OH is 2. The maximum atomic E-state index is 9.75. The zero-order valence-corrected chi connectivity index (χ0v) is 15.6. The Balaban J connectivity index is 1.79. The van der Waals surface area contributed by atoms with Gasteiger partial charge in [0.1, 0.15) is 0 Å². The largest absolute Gasteiger partial charge is 0.393 e. The molecular weight excluding hydrogens is 312 g/mol. The fourth-order valence-electron chi connectivity index (χ4n) is 2.90. The Labute approximate surface area is 153 Å². The molecule has 2 atom stereocenters. The molecule has 0 radical (unpaired) electrons. The van der Waals surface area contributed by atoms with Crippen LogP contribution >= 0.6 is 0 Å². The Morgan fingerprint density at radius 1 is 0.880 bits per heavy atom. The molecule has 3 nitrogen and oxygen atoms in total. The van der Waals surface area contributed by atoms with Crippen LogP contribution in [0.1, 0.15) is 69.8 Å². The van der Waals surface area contributed by atoms with Crippen LogP contribution in [0.4, 0.5) is 0 Å². The second-order valence-corrected chi connectivity index (χ2v) is 6.85. The summed E-state index contributed by atoms with van der Waals surface area (Å²) < 4.78 is 5.69. The average Bonchev–Trinajstić information content (AvgIpc) is 2.63. The SMILES string of the molecule is C=C[C@@H](O)C[C@@H](O)CCCCCCCCCCOCc1ccccc1. The Kier molecular flexibility index (Phi) is 13.2. The highest BCUT2D eigenvalue weighted by molar-refractivity contribution is 5.13. The number of benzene rings is 1. The van der Waals surface area contributed by atoms with Crippen molar-refractivity contribution < 1.29 is 14.9 Å². The standard InChI is InChI=1S/C22H36O3/c1-2-21(23)18-22(24)16-12-7-5-3-4-6-8-13-17-25-19-20-14-10-9-11-15-20/h2,9-11,14-15,21-24H,1,3-8,12-13,16-19H2/t21-,22+/m1/s1. The predicted molar refractivity (Wildman–Crippen MR) is 104 cm³/mol. The molecule has 0 aliphatic heterocycles. The van der Waals surface area contributed by atoms with Gasteiger partial charge in [0, 0.05) is 13.0 Å². The van der Waals surface area contributed by atoms with Gasteiger partial charge < -0.3 is 14.9 Å². The third kappa shape index (κ3) is 12.8. The smallest absolute Gasteiger partial charge is 0.0742 e. The van der Waals surface area contributed by atoms with Gasteiger partial charge in [-0.3, -0.25) is 0 Å². The van der Waals surface area contributed by atoms with Gasteiger partial charge in [-0.2, -0.15) is 0 Å². The molecule has 1 aromatic rings. The summed E-state index contributed by atoms with van der Waals surface area (Å²) >= 11 is 0. The van der Waals surface area contributed by atoms with Gasteiger partial charge in [0.05, 0.1) is 18.8 Å². The van der Waals surface area contributed by atoms with Crippen LogP contribution < -0.4 is 0 Å². The van der Waals surface area contributed by atoms with E-state index in [4.69, 9.17) is 4.74 Å². The Bertz CT molecular complexity index is 419. The van der Waals surface area contributed by atoms with Crippen molar-refractivity contribution in [3.05, 3.63) is 48.6 Å². The van der Waals surface area contributed by atoms with E-state index in [2.05, 4.69) is 18.7 Å². The predicted octanol–water partition coefficient (Wildman–Crippen LogP) is 5.01. The number of unbranched alkanes of at least 4 members (excludes halogenated alkanes) is 7. The number of hydrogen-bond acceptors (Lipinski definition) is 3. The van der Waals surface area contributed by atoms with E-state index in [1.165, 1.54) is 50.2 Å². The summed E-state index contributed by atoms with van der Waals surface area (Å²) in [4.78, 5) is 0. The van der Waals surface area contributed by atoms with Crippen molar-refractivity contribution >= 4 is 0 Å². The van der Waals surface area contributed by atoms with Crippen LogP contribution in [0.25, 0.3) is 0 Å². The van der Waals surface area contributed by atoms with Gasteiger partial charge in [0.25, 0.3) is 0 Å². The fraction of sp³-hybridized carbons (Fsp3) is 0.636. The Morgan fingerprint density at radius 2 is 1.48 bits per heavy atom. The molecule has 0 aliphatic rings. The Hall–Kier alpha value is -1.16. The van der Waals surface area contributed by atoms with Gasteiger partial charge in [-0.25, -0.2) is 0 Å². The quantitative estimate of drug-likeness (QED) is 0.326. The minimum Gasteiger partial charge on any atom is -0.393 e. The minimum absolute atomic E-state index is 0.399. The van der Waals surface area contributed by atoms with Crippen LogP contribution in [0.15, 0.2) is 43.0 Å². The molecule has 3 heteroatoms. The highest BCUT2D eigenvalue weighted by atomic mass is 16.5. The molecule has 2 N–H and O–H groups in total. The number of ether oxygens (including phenoxy) is 1. The summed E-state index contributed by atoms with van der Waals surface area (Å²) in [5.41, 5.74) is 1.24. The van der Waals surface area contributed by atoms with Crippen molar-refractivity contribution in [2.45, 2.75) is 83.0 Å². The molecule has 1 aromatic carbocycles.